The summed E-state index contributed by atoms with van der Waals surface area (Å²) in [6, 6.07) is 4.16. The minimum Gasteiger partial charge on any atom is -0.355 e. The molecular formula is C15H28N4. The summed E-state index contributed by atoms with van der Waals surface area (Å²) in [5.41, 5.74) is 1.01. The number of hydrogen-bond acceptors (Lipinski definition) is 4. The molecule has 0 saturated heterocycles. The first-order valence-electron chi connectivity index (χ1n) is 7.45. The molecule has 0 aliphatic rings. The van der Waals surface area contributed by atoms with Crippen LogP contribution in [-0.2, 0) is 6.54 Å². The molecule has 4 heteroatoms. The van der Waals surface area contributed by atoms with Crippen molar-refractivity contribution in [3.05, 3.63) is 17.8 Å². The fourth-order valence-electron chi connectivity index (χ4n) is 1.89. The second-order valence-electron chi connectivity index (χ2n) is 5.34. The van der Waals surface area contributed by atoms with Crippen LogP contribution in [0.1, 0.15) is 46.2 Å². The maximum absolute atomic E-state index is 4.34. The molecule has 0 spiro atoms. The predicted octanol–water partition coefficient (Wildman–Crippen LogP) is 2.85. The molecule has 4 nitrogen and oxygen atoms in total. The molecule has 0 aliphatic carbocycles. The van der Waals surface area contributed by atoms with E-state index in [-0.39, 0.29) is 0 Å². The van der Waals surface area contributed by atoms with Gasteiger partial charge in [-0.3, -0.25) is 0 Å². The minimum atomic E-state index is 0.664. The van der Waals surface area contributed by atoms with Crippen molar-refractivity contribution in [3.8, 4) is 0 Å². The van der Waals surface area contributed by atoms with Gasteiger partial charge in [-0.05, 0) is 37.9 Å². The topological polar surface area (TPSA) is 41.0 Å². The van der Waals surface area contributed by atoms with Crippen molar-refractivity contribution in [2.45, 2.75) is 47.1 Å². The average molecular weight is 264 g/mol. The summed E-state index contributed by atoms with van der Waals surface area (Å²) < 4.78 is 0. The molecule has 1 N–H and O–H groups in total. The molecule has 0 bridgehead atoms. The van der Waals surface area contributed by atoms with E-state index < -0.39 is 0 Å². The van der Waals surface area contributed by atoms with Crippen LogP contribution in [0.4, 0.5) is 5.82 Å². The number of unbranched alkanes of at least 4 members (excludes halogenated alkanes) is 1. The maximum Gasteiger partial charge on any atom is 0.151 e. The van der Waals surface area contributed by atoms with Gasteiger partial charge in [-0.25, -0.2) is 0 Å². The van der Waals surface area contributed by atoms with Crippen molar-refractivity contribution in [3.63, 3.8) is 0 Å². The Hall–Kier alpha value is -1.16. The molecule has 0 atom stereocenters. The average Bonchev–Trinajstić information content (AvgIpc) is 2.41. The second-order valence-corrected chi connectivity index (χ2v) is 5.34. The van der Waals surface area contributed by atoms with E-state index in [0.29, 0.717) is 5.92 Å². The first-order valence-corrected chi connectivity index (χ1v) is 7.45. The van der Waals surface area contributed by atoms with Gasteiger partial charge in [0.15, 0.2) is 5.82 Å². The fourth-order valence-corrected chi connectivity index (χ4v) is 1.89. The summed E-state index contributed by atoms with van der Waals surface area (Å²) in [5, 5.41) is 12.0. The van der Waals surface area contributed by atoms with Gasteiger partial charge in [0.1, 0.15) is 0 Å². The van der Waals surface area contributed by atoms with Gasteiger partial charge < -0.3 is 10.2 Å². The highest BCUT2D eigenvalue weighted by Crippen LogP contribution is 2.10. The third-order valence-electron chi connectivity index (χ3n) is 3.05. The molecule has 0 radical (unpaired) electrons. The lowest BCUT2D eigenvalue weighted by atomic mass is 10.2. The van der Waals surface area contributed by atoms with Gasteiger partial charge in [-0.2, -0.15) is 5.10 Å². The van der Waals surface area contributed by atoms with E-state index in [1.54, 1.807) is 0 Å². The molecular weight excluding hydrogens is 236 g/mol. The minimum absolute atomic E-state index is 0.664. The van der Waals surface area contributed by atoms with Crippen molar-refractivity contribution < 1.29 is 0 Å². The van der Waals surface area contributed by atoms with Gasteiger partial charge in [-0.15, -0.1) is 5.10 Å². The van der Waals surface area contributed by atoms with Crippen molar-refractivity contribution in [2.24, 2.45) is 5.92 Å². The van der Waals surface area contributed by atoms with Gasteiger partial charge in [0.2, 0.25) is 0 Å². The van der Waals surface area contributed by atoms with E-state index in [1.807, 2.05) is 0 Å². The normalized spacial score (nSPS) is 11.0. The lowest BCUT2D eigenvalue weighted by molar-refractivity contribution is 0.546. The summed E-state index contributed by atoms with van der Waals surface area (Å²) in [6.07, 6.45) is 2.41. The Bertz CT molecular complexity index is 335. The summed E-state index contributed by atoms with van der Waals surface area (Å²) >= 11 is 0. The Labute approximate surface area is 117 Å². The van der Waals surface area contributed by atoms with Gasteiger partial charge in [0.25, 0.3) is 0 Å². The molecule has 1 aromatic rings. The summed E-state index contributed by atoms with van der Waals surface area (Å²) in [7, 11) is 0. The molecule has 1 heterocycles. The molecule has 0 amide bonds. The molecule has 0 aromatic carbocycles. The summed E-state index contributed by atoms with van der Waals surface area (Å²) in [6.45, 7) is 12.6. The number of hydrogen-bond donors (Lipinski definition) is 1. The van der Waals surface area contributed by atoms with Crippen LogP contribution in [0.3, 0.4) is 0 Å². The van der Waals surface area contributed by atoms with E-state index in [4.69, 9.17) is 0 Å². The van der Waals surface area contributed by atoms with Crippen LogP contribution in [0.25, 0.3) is 0 Å². The van der Waals surface area contributed by atoms with E-state index in [1.165, 1.54) is 12.8 Å². The van der Waals surface area contributed by atoms with Gasteiger partial charge in [0.05, 0.1) is 5.69 Å². The highest BCUT2D eigenvalue weighted by atomic mass is 15.3. The standard InChI is InChI=1S/C15H28N4/c1-5-7-10-19(6-2)15-9-8-14(17-18-15)12-16-11-13(3)4/h8-9,13,16H,5-7,10-12H2,1-4H3. The SMILES string of the molecule is CCCCN(CC)c1ccc(CNCC(C)C)nn1. The number of nitrogens with zero attached hydrogens (tertiary/aromatic N) is 3. The zero-order chi connectivity index (χ0) is 14.1. The monoisotopic (exact) mass is 264 g/mol. The first-order chi connectivity index (χ1) is 9.17. The molecule has 0 saturated carbocycles. The molecule has 0 fully saturated rings. The Balaban J connectivity index is 2.49. The molecule has 0 unspecified atom stereocenters. The second kappa shape index (κ2) is 8.86. The number of aromatic nitrogens is 2. The number of rotatable bonds is 9. The third-order valence-corrected chi connectivity index (χ3v) is 3.05. The van der Waals surface area contributed by atoms with Crippen molar-refractivity contribution >= 4 is 5.82 Å². The van der Waals surface area contributed by atoms with Gasteiger partial charge >= 0.3 is 0 Å². The van der Waals surface area contributed by atoms with Crippen LogP contribution in [0.5, 0.6) is 0 Å². The van der Waals surface area contributed by atoms with Gasteiger partial charge in [-0.1, -0.05) is 27.2 Å². The zero-order valence-corrected chi connectivity index (χ0v) is 12.8. The van der Waals surface area contributed by atoms with E-state index in [0.717, 1.165) is 37.7 Å². The van der Waals surface area contributed by atoms with Crippen LogP contribution >= 0.6 is 0 Å². The largest absolute Gasteiger partial charge is 0.355 e. The van der Waals surface area contributed by atoms with E-state index in [9.17, 15) is 0 Å². The van der Waals surface area contributed by atoms with Crippen LogP contribution < -0.4 is 10.2 Å². The van der Waals surface area contributed by atoms with Crippen molar-refractivity contribution in [2.75, 3.05) is 24.5 Å². The number of nitrogens with one attached hydrogen (secondary N) is 1. The molecule has 108 valence electrons. The number of anilines is 1. The Morgan fingerprint density at radius 2 is 2.00 bits per heavy atom. The predicted molar refractivity (Wildman–Crippen MR) is 81.4 cm³/mol. The lowest BCUT2D eigenvalue weighted by Gasteiger charge is -2.21. The first kappa shape index (κ1) is 15.9. The molecule has 1 aromatic heterocycles. The van der Waals surface area contributed by atoms with Crippen LogP contribution in [0.2, 0.25) is 0 Å². The third kappa shape index (κ3) is 6.01. The molecule has 1 rings (SSSR count). The highest BCUT2D eigenvalue weighted by Gasteiger charge is 2.06. The van der Waals surface area contributed by atoms with Crippen molar-refractivity contribution in [1.29, 1.82) is 0 Å². The smallest absolute Gasteiger partial charge is 0.151 e. The summed E-state index contributed by atoms with van der Waals surface area (Å²) in [5.74, 6) is 1.65. The Kier molecular flexibility index (Phi) is 7.41. The van der Waals surface area contributed by atoms with Crippen molar-refractivity contribution in [1.82, 2.24) is 15.5 Å². The molecule has 0 aliphatic heterocycles. The summed E-state index contributed by atoms with van der Waals surface area (Å²) in [4.78, 5) is 2.28. The van der Waals surface area contributed by atoms with E-state index in [2.05, 4.69) is 60.2 Å². The zero-order valence-electron chi connectivity index (χ0n) is 12.8. The van der Waals surface area contributed by atoms with Crippen LogP contribution in [0.15, 0.2) is 12.1 Å². The fraction of sp³-hybridized carbons (Fsp3) is 0.733. The Morgan fingerprint density at radius 3 is 2.53 bits per heavy atom. The lowest BCUT2D eigenvalue weighted by Crippen LogP contribution is -2.25. The quantitative estimate of drug-likeness (QED) is 0.744. The van der Waals surface area contributed by atoms with Crippen LogP contribution in [0, 0.1) is 5.92 Å². The maximum atomic E-state index is 4.34. The van der Waals surface area contributed by atoms with Crippen LogP contribution in [-0.4, -0.2) is 29.8 Å². The molecule has 19 heavy (non-hydrogen) atoms. The van der Waals surface area contributed by atoms with Gasteiger partial charge in [0, 0.05) is 19.6 Å². The highest BCUT2D eigenvalue weighted by molar-refractivity contribution is 5.36. The Morgan fingerprint density at radius 1 is 1.21 bits per heavy atom. The van der Waals surface area contributed by atoms with E-state index >= 15 is 0 Å².